The van der Waals surface area contributed by atoms with Crippen LogP contribution in [0.4, 0.5) is 4.39 Å². The van der Waals surface area contributed by atoms with Crippen LogP contribution >= 0.6 is 23.2 Å². The minimum absolute atomic E-state index is 0.200. The van der Waals surface area contributed by atoms with E-state index in [0.717, 1.165) is 54.2 Å². The zero-order valence-corrected chi connectivity index (χ0v) is 19.9. The Morgan fingerprint density at radius 3 is 2.71 bits per heavy atom. The number of halogens is 3. The van der Waals surface area contributed by atoms with Gasteiger partial charge in [-0.3, -0.25) is 4.90 Å². The van der Waals surface area contributed by atoms with Crippen LogP contribution < -0.4 is 4.74 Å². The third-order valence-corrected chi connectivity index (χ3v) is 6.71. The van der Waals surface area contributed by atoms with E-state index in [0.29, 0.717) is 16.7 Å². The molecule has 5 nitrogen and oxygen atoms in total. The van der Waals surface area contributed by atoms with Gasteiger partial charge in [-0.1, -0.05) is 58.7 Å². The predicted molar refractivity (Wildman–Crippen MR) is 132 cm³/mol. The molecular weight excluding hydrogens is 474 g/mol. The summed E-state index contributed by atoms with van der Waals surface area (Å²) in [7, 11) is 0. The zero-order valence-electron chi connectivity index (χ0n) is 18.4. The quantitative estimate of drug-likeness (QED) is 0.296. The number of rotatable bonds is 7. The third kappa shape index (κ3) is 5.25. The van der Waals surface area contributed by atoms with Crippen molar-refractivity contribution in [1.82, 2.24) is 19.9 Å². The molecule has 34 heavy (non-hydrogen) atoms. The third-order valence-electron chi connectivity index (χ3n) is 5.97. The predicted octanol–water partition coefficient (Wildman–Crippen LogP) is 6.42. The van der Waals surface area contributed by atoms with Crippen molar-refractivity contribution >= 4 is 23.2 Å². The van der Waals surface area contributed by atoms with E-state index in [-0.39, 0.29) is 11.9 Å². The van der Waals surface area contributed by atoms with E-state index in [1.807, 2.05) is 47.3 Å². The summed E-state index contributed by atoms with van der Waals surface area (Å²) in [5.74, 6) is 0.522. The normalized spacial score (nSPS) is 16.1. The SMILES string of the molecule is Fc1cccc(CN2CC[C@H](n3cc(-c4ccccc4OCc4ccc(Cl)c(Cl)c4)nn3)C2)c1. The van der Waals surface area contributed by atoms with Crippen LogP contribution in [0.15, 0.2) is 72.9 Å². The second-order valence-corrected chi connectivity index (χ2v) is 9.24. The van der Waals surface area contributed by atoms with Crippen LogP contribution in [-0.2, 0) is 13.2 Å². The molecule has 1 aliphatic heterocycles. The summed E-state index contributed by atoms with van der Waals surface area (Å²) in [6, 6.07) is 20.2. The molecule has 1 atom stereocenters. The molecule has 4 aromatic rings. The molecule has 1 aromatic heterocycles. The monoisotopic (exact) mass is 496 g/mol. The Labute approximate surface area is 207 Å². The molecule has 2 heterocycles. The van der Waals surface area contributed by atoms with Crippen LogP contribution in [0.2, 0.25) is 10.0 Å². The number of nitrogens with zero attached hydrogens (tertiary/aromatic N) is 4. The van der Waals surface area contributed by atoms with Crippen molar-refractivity contribution in [3.05, 3.63) is 99.9 Å². The van der Waals surface area contributed by atoms with Crippen LogP contribution in [0.5, 0.6) is 5.75 Å². The summed E-state index contributed by atoms with van der Waals surface area (Å²) < 4.78 is 21.5. The second-order valence-electron chi connectivity index (χ2n) is 8.42. The van der Waals surface area contributed by atoms with Gasteiger partial charge in [-0.25, -0.2) is 9.07 Å². The van der Waals surface area contributed by atoms with Gasteiger partial charge in [0.1, 0.15) is 23.9 Å². The van der Waals surface area contributed by atoms with Gasteiger partial charge in [0.2, 0.25) is 0 Å². The Bertz CT molecular complexity index is 1300. The molecule has 0 amide bonds. The van der Waals surface area contributed by atoms with Crippen molar-refractivity contribution in [3.8, 4) is 17.0 Å². The fourth-order valence-corrected chi connectivity index (χ4v) is 4.56. The molecule has 0 unspecified atom stereocenters. The largest absolute Gasteiger partial charge is 0.488 e. The number of ether oxygens (including phenoxy) is 1. The van der Waals surface area contributed by atoms with Crippen molar-refractivity contribution < 1.29 is 9.13 Å². The van der Waals surface area contributed by atoms with E-state index in [9.17, 15) is 4.39 Å². The summed E-state index contributed by atoms with van der Waals surface area (Å²) in [5, 5.41) is 9.84. The highest BCUT2D eigenvalue weighted by molar-refractivity contribution is 6.42. The zero-order chi connectivity index (χ0) is 23.5. The highest BCUT2D eigenvalue weighted by atomic mass is 35.5. The first kappa shape index (κ1) is 22.8. The molecule has 1 fully saturated rings. The molecule has 174 valence electrons. The van der Waals surface area contributed by atoms with Crippen LogP contribution in [-0.4, -0.2) is 33.0 Å². The highest BCUT2D eigenvalue weighted by Gasteiger charge is 2.25. The van der Waals surface area contributed by atoms with Crippen LogP contribution in [0, 0.1) is 5.82 Å². The topological polar surface area (TPSA) is 43.2 Å². The molecule has 5 rings (SSSR count). The summed E-state index contributed by atoms with van der Waals surface area (Å²) in [5.41, 5.74) is 3.54. The van der Waals surface area contributed by atoms with Crippen LogP contribution in [0.1, 0.15) is 23.6 Å². The average molecular weight is 497 g/mol. The summed E-state index contributed by atoms with van der Waals surface area (Å²) in [6.45, 7) is 2.86. The lowest BCUT2D eigenvalue weighted by Gasteiger charge is -2.16. The molecule has 0 radical (unpaired) electrons. The van der Waals surface area contributed by atoms with Gasteiger partial charge in [-0.05, 0) is 53.9 Å². The van der Waals surface area contributed by atoms with Gasteiger partial charge in [0, 0.05) is 25.2 Å². The highest BCUT2D eigenvalue weighted by Crippen LogP contribution is 2.31. The molecular formula is C26H23Cl2FN4O. The fraction of sp³-hybridized carbons (Fsp3) is 0.231. The molecule has 1 saturated heterocycles. The van der Waals surface area contributed by atoms with Gasteiger partial charge in [0.25, 0.3) is 0 Å². The van der Waals surface area contributed by atoms with Crippen molar-refractivity contribution in [3.63, 3.8) is 0 Å². The molecule has 0 bridgehead atoms. The van der Waals surface area contributed by atoms with Crippen molar-refractivity contribution in [2.24, 2.45) is 0 Å². The summed E-state index contributed by atoms with van der Waals surface area (Å²) in [6.07, 6.45) is 2.94. The lowest BCUT2D eigenvalue weighted by molar-refractivity contribution is 0.307. The number of hydrogen-bond donors (Lipinski definition) is 0. The number of hydrogen-bond acceptors (Lipinski definition) is 4. The van der Waals surface area contributed by atoms with E-state index in [1.54, 1.807) is 24.3 Å². The Balaban J connectivity index is 1.26. The van der Waals surface area contributed by atoms with Gasteiger partial charge >= 0.3 is 0 Å². The van der Waals surface area contributed by atoms with E-state index in [4.69, 9.17) is 27.9 Å². The molecule has 0 saturated carbocycles. The smallest absolute Gasteiger partial charge is 0.129 e. The molecule has 0 spiro atoms. The van der Waals surface area contributed by atoms with Gasteiger partial charge in [0.05, 0.1) is 22.3 Å². The van der Waals surface area contributed by atoms with Crippen LogP contribution in [0.3, 0.4) is 0 Å². The number of likely N-dealkylation sites (tertiary alicyclic amines) is 1. The van der Waals surface area contributed by atoms with Crippen molar-refractivity contribution in [2.45, 2.75) is 25.6 Å². The van der Waals surface area contributed by atoms with Crippen molar-refractivity contribution in [1.29, 1.82) is 0 Å². The van der Waals surface area contributed by atoms with E-state index in [2.05, 4.69) is 15.2 Å². The summed E-state index contributed by atoms with van der Waals surface area (Å²) in [4.78, 5) is 2.31. The number of para-hydroxylation sites is 1. The average Bonchev–Trinajstić information content (AvgIpc) is 3.50. The number of aromatic nitrogens is 3. The molecule has 8 heteroatoms. The Hall–Kier alpha value is -2.93. The maximum Gasteiger partial charge on any atom is 0.129 e. The van der Waals surface area contributed by atoms with Gasteiger partial charge in [-0.15, -0.1) is 5.10 Å². The fourth-order valence-electron chi connectivity index (χ4n) is 4.24. The second kappa shape index (κ2) is 10.1. The van der Waals surface area contributed by atoms with E-state index in [1.165, 1.54) is 6.07 Å². The maximum atomic E-state index is 13.5. The first-order valence-electron chi connectivity index (χ1n) is 11.1. The van der Waals surface area contributed by atoms with E-state index >= 15 is 0 Å². The first-order valence-corrected chi connectivity index (χ1v) is 11.9. The minimum atomic E-state index is -0.200. The Morgan fingerprint density at radius 2 is 1.85 bits per heavy atom. The molecule has 0 N–H and O–H groups in total. The summed E-state index contributed by atoms with van der Waals surface area (Å²) >= 11 is 12.1. The van der Waals surface area contributed by atoms with E-state index < -0.39 is 0 Å². The Kier molecular flexibility index (Phi) is 6.81. The maximum absolute atomic E-state index is 13.5. The van der Waals surface area contributed by atoms with Crippen molar-refractivity contribution in [2.75, 3.05) is 13.1 Å². The van der Waals surface area contributed by atoms with Gasteiger partial charge in [-0.2, -0.15) is 0 Å². The molecule has 0 aliphatic carbocycles. The molecule has 3 aromatic carbocycles. The standard InChI is InChI=1S/C26H23Cl2FN4O/c27-23-9-8-19(13-24(23)28)17-34-26-7-2-1-6-22(26)25-16-33(31-30-25)21-10-11-32(15-21)14-18-4-3-5-20(29)12-18/h1-9,12-13,16,21H,10-11,14-15,17H2/t21-/m0/s1. The first-order chi connectivity index (χ1) is 16.5. The Morgan fingerprint density at radius 1 is 0.971 bits per heavy atom. The lowest BCUT2D eigenvalue weighted by Crippen LogP contribution is -2.21. The minimum Gasteiger partial charge on any atom is -0.488 e. The lowest BCUT2D eigenvalue weighted by atomic mass is 10.1. The number of benzene rings is 3. The van der Waals surface area contributed by atoms with Crippen LogP contribution in [0.25, 0.3) is 11.3 Å². The molecule has 1 aliphatic rings. The van der Waals surface area contributed by atoms with Gasteiger partial charge < -0.3 is 4.74 Å². The van der Waals surface area contributed by atoms with Gasteiger partial charge in [0.15, 0.2) is 0 Å².